The van der Waals surface area contributed by atoms with Gasteiger partial charge in [-0.1, -0.05) is 29.3 Å². The summed E-state index contributed by atoms with van der Waals surface area (Å²) in [5.74, 6) is 0. The molecule has 0 unspecified atom stereocenters. The highest BCUT2D eigenvalue weighted by molar-refractivity contribution is 8.01. The lowest BCUT2D eigenvalue weighted by atomic mass is 9.98. The van der Waals surface area contributed by atoms with Crippen LogP contribution in [0.2, 0.25) is 5.02 Å². The first-order valence-corrected chi connectivity index (χ1v) is 8.72. The van der Waals surface area contributed by atoms with Gasteiger partial charge >= 0.3 is 0 Å². The number of hydrogen-bond acceptors (Lipinski definition) is 3. The van der Waals surface area contributed by atoms with Crippen LogP contribution >= 0.6 is 11.6 Å². The van der Waals surface area contributed by atoms with Crippen molar-refractivity contribution < 1.29 is 8.42 Å². The van der Waals surface area contributed by atoms with E-state index in [-0.39, 0.29) is 15.5 Å². The summed E-state index contributed by atoms with van der Waals surface area (Å²) >= 11 is 5.99. The molecule has 22 heavy (non-hydrogen) atoms. The molecule has 2 aromatic rings. The summed E-state index contributed by atoms with van der Waals surface area (Å²) in [5.41, 5.74) is 10.5. The molecule has 0 aromatic heterocycles. The highest BCUT2D eigenvalue weighted by Gasteiger charge is 2.36. The van der Waals surface area contributed by atoms with Gasteiger partial charge in [-0.3, -0.25) is 0 Å². The number of hydrogen-bond donors (Lipinski definition) is 1. The molecule has 0 aliphatic carbocycles. The fourth-order valence-corrected chi connectivity index (χ4v) is 5.22. The third-order valence-corrected chi connectivity index (χ3v) is 6.07. The van der Waals surface area contributed by atoms with Gasteiger partial charge in [0.1, 0.15) is 4.91 Å². The molecular weight excluding hydrogens is 318 g/mol. The fraction of sp³-hybridized carbons (Fsp3) is 0.176. The summed E-state index contributed by atoms with van der Waals surface area (Å²) < 4.78 is 25.8. The summed E-state index contributed by atoms with van der Waals surface area (Å²) in [6, 6.07) is 8.63. The number of fused-ring (bicyclic) bond motifs is 1. The molecule has 3 rings (SSSR count). The van der Waals surface area contributed by atoms with Gasteiger partial charge in [0.05, 0.1) is 10.6 Å². The molecule has 5 heteroatoms. The summed E-state index contributed by atoms with van der Waals surface area (Å²) in [6.07, 6.45) is 0. The lowest BCUT2D eigenvalue weighted by Gasteiger charge is -2.13. The van der Waals surface area contributed by atoms with E-state index >= 15 is 0 Å². The Morgan fingerprint density at radius 3 is 2.18 bits per heavy atom. The largest absolute Gasteiger partial charge is 0.397 e. The molecule has 1 aliphatic rings. The van der Waals surface area contributed by atoms with E-state index in [1.165, 1.54) is 6.07 Å². The summed E-state index contributed by atoms with van der Waals surface area (Å²) in [6.45, 7) is 5.79. The van der Waals surface area contributed by atoms with E-state index in [9.17, 15) is 8.42 Å². The summed E-state index contributed by atoms with van der Waals surface area (Å²) in [4.78, 5) is 0.420. The van der Waals surface area contributed by atoms with Gasteiger partial charge < -0.3 is 5.73 Å². The maximum absolute atomic E-state index is 12.9. The monoisotopic (exact) mass is 333 g/mol. The van der Waals surface area contributed by atoms with E-state index in [4.69, 9.17) is 17.3 Å². The minimum absolute atomic E-state index is 0.194. The van der Waals surface area contributed by atoms with Gasteiger partial charge in [0.2, 0.25) is 9.84 Å². The molecule has 0 atom stereocenters. The Labute approximate surface area is 135 Å². The van der Waals surface area contributed by atoms with E-state index < -0.39 is 9.84 Å². The zero-order valence-corrected chi connectivity index (χ0v) is 14.1. The van der Waals surface area contributed by atoms with Gasteiger partial charge in [0, 0.05) is 16.1 Å². The average Bonchev–Trinajstić information content (AvgIpc) is 2.58. The molecular formula is C17H16ClNO2S. The zero-order chi connectivity index (χ0) is 16.2. The van der Waals surface area contributed by atoms with Crippen molar-refractivity contribution in [2.24, 2.45) is 5.73 Å². The van der Waals surface area contributed by atoms with Crippen LogP contribution < -0.4 is 5.73 Å². The van der Waals surface area contributed by atoms with E-state index in [1.54, 1.807) is 12.1 Å². The number of sulfone groups is 1. The number of rotatable bonds is 1. The number of aryl methyl sites for hydroxylation is 3. The lowest BCUT2D eigenvalue weighted by molar-refractivity contribution is 0.606. The van der Waals surface area contributed by atoms with E-state index in [0.717, 1.165) is 16.7 Å². The third-order valence-electron chi connectivity index (χ3n) is 3.94. The first-order valence-electron chi connectivity index (χ1n) is 6.86. The first kappa shape index (κ1) is 15.1. The molecule has 0 radical (unpaired) electrons. The van der Waals surface area contributed by atoms with Crippen LogP contribution in [0.4, 0.5) is 0 Å². The average molecular weight is 334 g/mol. The third kappa shape index (κ3) is 2.06. The number of benzene rings is 2. The lowest BCUT2D eigenvalue weighted by Crippen LogP contribution is -2.05. The molecule has 0 amide bonds. The molecule has 2 aromatic carbocycles. The Morgan fingerprint density at radius 1 is 1.00 bits per heavy atom. The molecule has 0 saturated heterocycles. The second-order valence-electron chi connectivity index (χ2n) is 5.66. The molecule has 0 fully saturated rings. The Balaban J connectivity index is 2.39. The Bertz CT molecular complexity index is 920. The van der Waals surface area contributed by atoms with Gasteiger partial charge in [0.25, 0.3) is 0 Å². The fourth-order valence-electron chi connectivity index (χ4n) is 3.13. The second-order valence-corrected chi connectivity index (χ2v) is 7.95. The standard InChI is InChI=1S/C17H16ClNO2S/c1-9-6-10(2)15(11(3)7-9)17-16(19)13-8-12(18)4-5-14(13)22(17,20)21/h4-8H,19H2,1-3H3. The highest BCUT2D eigenvalue weighted by Crippen LogP contribution is 2.44. The minimum atomic E-state index is -3.63. The predicted molar refractivity (Wildman–Crippen MR) is 90.3 cm³/mol. The highest BCUT2D eigenvalue weighted by atomic mass is 35.5. The van der Waals surface area contributed by atoms with Crippen molar-refractivity contribution in [3.05, 3.63) is 63.2 Å². The van der Waals surface area contributed by atoms with Crippen LogP contribution in [0, 0.1) is 20.8 Å². The molecule has 0 spiro atoms. The molecule has 0 saturated carbocycles. The second kappa shape index (κ2) is 4.86. The quantitative estimate of drug-likeness (QED) is 0.862. The normalized spacial score (nSPS) is 16.0. The SMILES string of the molecule is Cc1cc(C)c(C2=C(N)c3cc(Cl)ccc3S2(=O)=O)c(C)c1. The smallest absolute Gasteiger partial charge is 0.209 e. The zero-order valence-electron chi connectivity index (χ0n) is 12.6. The van der Waals surface area contributed by atoms with Crippen molar-refractivity contribution in [2.75, 3.05) is 0 Å². The topological polar surface area (TPSA) is 60.2 Å². The van der Waals surface area contributed by atoms with Crippen molar-refractivity contribution in [3.8, 4) is 0 Å². The maximum atomic E-state index is 12.9. The van der Waals surface area contributed by atoms with Crippen molar-refractivity contribution in [2.45, 2.75) is 25.7 Å². The van der Waals surface area contributed by atoms with Crippen molar-refractivity contribution in [1.82, 2.24) is 0 Å². The Kier molecular flexibility index (Phi) is 3.34. The van der Waals surface area contributed by atoms with Crippen LogP contribution in [-0.2, 0) is 9.84 Å². The van der Waals surface area contributed by atoms with E-state index in [2.05, 4.69) is 0 Å². The Morgan fingerprint density at radius 2 is 1.59 bits per heavy atom. The van der Waals surface area contributed by atoms with Crippen molar-refractivity contribution in [1.29, 1.82) is 0 Å². The molecule has 0 bridgehead atoms. The van der Waals surface area contributed by atoms with E-state index in [0.29, 0.717) is 16.1 Å². The van der Waals surface area contributed by atoms with Crippen LogP contribution in [-0.4, -0.2) is 8.42 Å². The molecule has 1 aliphatic heterocycles. The molecule has 2 N–H and O–H groups in total. The minimum Gasteiger partial charge on any atom is -0.397 e. The van der Waals surface area contributed by atoms with Crippen LogP contribution in [0.1, 0.15) is 27.8 Å². The van der Waals surface area contributed by atoms with Crippen LogP contribution in [0.25, 0.3) is 10.6 Å². The summed E-state index contributed by atoms with van der Waals surface area (Å²) in [7, 11) is -3.63. The summed E-state index contributed by atoms with van der Waals surface area (Å²) in [5, 5.41) is 0.468. The maximum Gasteiger partial charge on any atom is 0.209 e. The van der Waals surface area contributed by atoms with Crippen LogP contribution in [0.15, 0.2) is 35.2 Å². The van der Waals surface area contributed by atoms with Gasteiger partial charge in [0.15, 0.2) is 0 Å². The van der Waals surface area contributed by atoms with Crippen molar-refractivity contribution in [3.63, 3.8) is 0 Å². The van der Waals surface area contributed by atoms with Gasteiger partial charge in [-0.2, -0.15) is 0 Å². The molecule has 3 nitrogen and oxygen atoms in total. The van der Waals surface area contributed by atoms with Gasteiger partial charge in [-0.25, -0.2) is 8.42 Å². The van der Waals surface area contributed by atoms with Crippen LogP contribution in [0.3, 0.4) is 0 Å². The van der Waals surface area contributed by atoms with E-state index in [1.807, 2.05) is 32.9 Å². The van der Waals surface area contributed by atoms with Crippen LogP contribution in [0.5, 0.6) is 0 Å². The Hall–Kier alpha value is -1.78. The predicted octanol–water partition coefficient (Wildman–Crippen LogP) is 3.84. The van der Waals surface area contributed by atoms with Crippen molar-refractivity contribution >= 4 is 32.0 Å². The number of halogens is 1. The van der Waals surface area contributed by atoms with Gasteiger partial charge in [-0.15, -0.1) is 0 Å². The van der Waals surface area contributed by atoms with Gasteiger partial charge in [-0.05, 0) is 50.1 Å². The molecule has 1 heterocycles. The molecule has 114 valence electrons. The number of nitrogens with two attached hydrogens (primary N) is 1. The first-order chi connectivity index (χ1) is 10.2.